The molecule has 1 rings (SSSR count). The molecule has 72 valence electrons. The maximum Gasteiger partial charge on any atom is 0.0252 e. The molecule has 0 spiro atoms. The summed E-state index contributed by atoms with van der Waals surface area (Å²) in [5.41, 5.74) is 0.313. The first-order chi connectivity index (χ1) is 5.49. The van der Waals surface area contributed by atoms with E-state index in [1.165, 1.54) is 19.6 Å². The molecule has 0 saturated carbocycles. The molecule has 1 saturated heterocycles. The lowest BCUT2D eigenvalue weighted by atomic mass is 10.0. The number of piperazine rings is 1. The van der Waals surface area contributed by atoms with E-state index in [4.69, 9.17) is 0 Å². The van der Waals surface area contributed by atoms with Crippen molar-refractivity contribution >= 4 is 0 Å². The first-order valence-electron chi connectivity index (χ1n) is 4.97. The van der Waals surface area contributed by atoms with Gasteiger partial charge in [0.2, 0.25) is 0 Å². The van der Waals surface area contributed by atoms with E-state index in [0.29, 0.717) is 5.54 Å². The van der Waals surface area contributed by atoms with E-state index < -0.39 is 0 Å². The number of rotatable bonds is 2. The van der Waals surface area contributed by atoms with Crippen LogP contribution in [-0.4, -0.2) is 36.6 Å². The third kappa shape index (κ3) is 3.11. The van der Waals surface area contributed by atoms with E-state index in [0.717, 1.165) is 12.5 Å². The Hall–Kier alpha value is -0.0800. The molecule has 0 radical (unpaired) electrons. The van der Waals surface area contributed by atoms with Crippen LogP contribution in [0.1, 0.15) is 27.7 Å². The first kappa shape index (κ1) is 10.0. The minimum absolute atomic E-state index is 0.313. The molecular weight excluding hydrogens is 148 g/mol. The van der Waals surface area contributed by atoms with Crippen LogP contribution < -0.4 is 5.32 Å². The molecule has 0 atom stereocenters. The molecule has 0 aromatic rings. The van der Waals surface area contributed by atoms with Gasteiger partial charge in [-0.2, -0.15) is 0 Å². The Morgan fingerprint density at radius 2 is 2.08 bits per heavy atom. The Kier molecular flexibility index (Phi) is 3.13. The molecule has 1 N–H and O–H groups in total. The molecule has 1 heterocycles. The number of hydrogen-bond acceptors (Lipinski definition) is 2. The average Bonchev–Trinajstić information content (AvgIpc) is 1.82. The predicted octanol–water partition coefficient (Wildman–Crippen LogP) is 1.33. The van der Waals surface area contributed by atoms with Crippen molar-refractivity contribution in [2.24, 2.45) is 5.92 Å². The van der Waals surface area contributed by atoms with Gasteiger partial charge in [-0.3, -0.25) is 0 Å². The Morgan fingerprint density at radius 3 is 2.58 bits per heavy atom. The molecule has 1 fully saturated rings. The molecule has 0 aliphatic carbocycles. The van der Waals surface area contributed by atoms with Gasteiger partial charge in [0.1, 0.15) is 0 Å². The van der Waals surface area contributed by atoms with Gasteiger partial charge < -0.3 is 10.2 Å². The zero-order valence-corrected chi connectivity index (χ0v) is 8.85. The summed E-state index contributed by atoms with van der Waals surface area (Å²) in [4.78, 5) is 2.56. The fraction of sp³-hybridized carbons (Fsp3) is 1.00. The highest BCUT2D eigenvalue weighted by Gasteiger charge is 2.25. The van der Waals surface area contributed by atoms with Crippen molar-refractivity contribution < 1.29 is 0 Å². The van der Waals surface area contributed by atoms with Crippen molar-refractivity contribution in [2.75, 3.05) is 26.2 Å². The molecule has 2 heteroatoms. The lowest BCUT2D eigenvalue weighted by Crippen LogP contribution is -2.57. The fourth-order valence-corrected chi connectivity index (χ4v) is 1.92. The Morgan fingerprint density at radius 1 is 1.42 bits per heavy atom. The zero-order valence-electron chi connectivity index (χ0n) is 8.85. The van der Waals surface area contributed by atoms with Crippen molar-refractivity contribution in [1.82, 2.24) is 10.2 Å². The van der Waals surface area contributed by atoms with Crippen LogP contribution in [0.25, 0.3) is 0 Å². The van der Waals surface area contributed by atoms with Crippen molar-refractivity contribution in [2.45, 2.75) is 33.2 Å². The minimum atomic E-state index is 0.313. The molecular formula is C10H22N2. The van der Waals surface area contributed by atoms with Crippen LogP contribution >= 0.6 is 0 Å². The summed E-state index contributed by atoms with van der Waals surface area (Å²) in [6.07, 6.45) is 0. The first-order valence-corrected chi connectivity index (χ1v) is 4.97. The highest BCUT2D eigenvalue weighted by atomic mass is 15.2. The number of nitrogens with one attached hydrogen (secondary N) is 1. The van der Waals surface area contributed by atoms with E-state index in [1.54, 1.807) is 0 Å². The van der Waals surface area contributed by atoms with Gasteiger partial charge in [0, 0.05) is 31.7 Å². The number of nitrogens with zero attached hydrogens (tertiary/aromatic N) is 1. The molecule has 0 unspecified atom stereocenters. The van der Waals surface area contributed by atoms with Crippen LogP contribution in [0.5, 0.6) is 0 Å². The van der Waals surface area contributed by atoms with Gasteiger partial charge in [0.05, 0.1) is 0 Å². The topological polar surface area (TPSA) is 15.3 Å². The summed E-state index contributed by atoms with van der Waals surface area (Å²) in [6, 6.07) is 0. The van der Waals surface area contributed by atoms with Crippen LogP contribution in [0.4, 0.5) is 0 Å². The predicted molar refractivity (Wildman–Crippen MR) is 53.4 cm³/mol. The monoisotopic (exact) mass is 170 g/mol. The standard InChI is InChI=1S/C10H22N2/c1-9(2)7-12-6-5-11-10(3,4)8-12/h9,11H,5-8H2,1-4H3. The van der Waals surface area contributed by atoms with E-state index in [9.17, 15) is 0 Å². The van der Waals surface area contributed by atoms with Gasteiger partial charge in [-0.15, -0.1) is 0 Å². The Bertz CT molecular complexity index is 141. The maximum atomic E-state index is 3.52. The van der Waals surface area contributed by atoms with Crippen molar-refractivity contribution in [1.29, 1.82) is 0 Å². The van der Waals surface area contributed by atoms with Crippen LogP contribution in [0, 0.1) is 5.92 Å². The van der Waals surface area contributed by atoms with E-state index >= 15 is 0 Å². The highest BCUT2D eigenvalue weighted by Crippen LogP contribution is 2.11. The maximum absolute atomic E-state index is 3.52. The fourth-order valence-electron chi connectivity index (χ4n) is 1.92. The smallest absolute Gasteiger partial charge is 0.0252 e. The molecule has 0 bridgehead atoms. The largest absolute Gasteiger partial charge is 0.309 e. The normalized spacial score (nSPS) is 24.8. The van der Waals surface area contributed by atoms with Crippen LogP contribution in [0.3, 0.4) is 0 Å². The van der Waals surface area contributed by atoms with Gasteiger partial charge >= 0.3 is 0 Å². The summed E-state index contributed by atoms with van der Waals surface area (Å²) >= 11 is 0. The van der Waals surface area contributed by atoms with Gasteiger partial charge in [-0.05, 0) is 19.8 Å². The average molecular weight is 170 g/mol. The summed E-state index contributed by atoms with van der Waals surface area (Å²) in [5, 5.41) is 3.52. The van der Waals surface area contributed by atoms with Gasteiger partial charge in [0.25, 0.3) is 0 Å². The van der Waals surface area contributed by atoms with Gasteiger partial charge in [0.15, 0.2) is 0 Å². The zero-order chi connectivity index (χ0) is 9.19. The lowest BCUT2D eigenvalue weighted by molar-refractivity contribution is 0.141. The molecule has 0 aromatic carbocycles. The van der Waals surface area contributed by atoms with Crippen molar-refractivity contribution in [3.05, 3.63) is 0 Å². The van der Waals surface area contributed by atoms with E-state index in [-0.39, 0.29) is 0 Å². The van der Waals surface area contributed by atoms with Crippen LogP contribution in [0.15, 0.2) is 0 Å². The highest BCUT2D eigenvalue weighted by molar-refractivity contribution is 4.86. The van der Waals surface area contributed by atoms with E-state index in [2.05, 4.69) is 37.9 Å². The second kappa shape index (κ2) is 3.75. The SMILES string of the molecule is CC(C)CN1CCNC(C)(C)C1. The molecule has 1 aliphatic heterocycles. The summed E-state index contributed by atoms with van der Waals surface area (Å²) in [5.74, 6) is 0.791. The third-order valence-electron chi connectivity index (χ3n) is 2.27. The molecule has 2 nitrogen and oxygen atoms in total. The van der Waals surface area contributed by atoms with Gasteiger partial charge in [-0.1, -0.05) is 13.8 Å². The second-order valence-electron chi connectivity index (χ2n) is 4.94. The summed E-state index contributed by atoms with van der Waals surface area (Å²) in [6.45, 7) is 13.9. The second-order valence-corrected chi connectivity index (χ2v) is 4.94. The molecule has 0 aromatic heterocycles. The Labute approximate surface area is 76.3 Å². The molecule has 0 amide bonds. The van der Waals surface area contributed by atoms with Crippen LogP contribution in [0.2, 0.25) is 0 Å². The Balaban J connectivity index is 2.36. The molecule has 1 aliphatic rings. The molecule has 12 heavy (non-hydrogen) atoms. The lowest BCUT2D eigenvalue weighted by Gasteiger charge is -2.39. The third-order valence-corrected chi connectivity index (χ3v) is 2.27. The van der Waals surface area contributed by atoms with Crippen molar-refractivity contribution in [3.63, 3.8) is 0 Å². The number of hydrogen-bond donors (Lipinski definition) is 1. The quantitative estimate of drug-likeness (QED) is 0.672. The van der Waals surface area contributed by atoms with Crippen LogP contribution in [-0.2, 0) is 0 Å². The minimum Gasteiger partial charge on any atom is -0.309 e. The summed E-state index contributed by atoms with van der Waals surface area (Å²) in [7, 11) is 0. The van der Waals surface area contributed by atoms with E-state index in [1.807, 2.05) is 0 Å². The summed E-state index contributed by atoms with van der Waals surface area (Å²) < 4.78 is 0. The van der Waals surface area contributed by atoms with Gasteiger partial charge in [-0.25, -0.2) is 0 Å². The van der Waals surface area contributed by atoms with Crippen molar-refractivity contribution in [3.8, 4) is 0 Å².